The van der Waals surface area contributed by atoms with Crippen molar-refractivity contribution in [1.82, 2.24) is 14.5 Å². The lowest BCUT2D eigenvalue weighted by Crippen LogP contribution is -2.36. The number of rotatable bonds is 7. The van der Waals surface area contributed by atoms with Crippen molar-refractivity contribution in [2.75, 3.05) is 26.3 Å². The fourth-order valence-corrected chi connectivity index (χ4v) is 4.21. The van der Waals surface area contributed by atoms with Gasteiger partial charge in [-0.3, -0.25) is 4.90 Å². The molecule has 2 heterocycles. The molecule has 0 bridgehead atoms. The maximum atomic E-state index is 12.8. The molecule has 2 aromatic rings. The van der Waals surface area contributed by atoms with Crippen molar-refractivity contribution in [2.24, 2.45) is 0 Å². The van der Waals surface area contributed by atoms with E-state index in [-0.39, 0.29) is 5.16 Å². The quantitative estimate of drug-likeness (QED) is 0.740. The Morgan fingerprint density at radius 3 is 2.50 bits per heavy atom. The van der Waals surface area contributed by atoms with E-state index in [0.29, 0.717) is 13.1 Å². The Kier molecular flexibility index (Phi) is 6.11. The van der Waals surface area contributed by atoms with Gasteiger partial charge in [0, 0.05) is 26.2 Å². The highest BCUT2D eigenvalue weighted by Crippen LogP contribution is 2.19. The minimum atomic E-state index is -3.42. The van der Waals surface area contributed by atoms with Crippen molar-refractivity contribution in [3.05, 3.63) is 47.8 Å². The number of hydrogen-bond donors (Lipinski definition) is 0. The summed E-state index contributed by atoms with van der Waals surface area (Å²) in [7, 11) is -3.42. The van der Waals surface area contributed by atoms with Crippen LogP contribution < -0.4 is 0 Å². The molecule has 0 amide bonds. The molecule has 1 aromatic carbocycles. The first kappa shape index (κ1) is 19.1. The lowest BCUT2D eigenvalue weighted by Gasteiger charge is -2.27. The van der Waals surface area contributed by atoms with Gasteiger partial charge in [-0.1, -0.05) is 30.3 Å². The van der Waals surface area contributed by atoms with Gasteiger partial charge in [0.2, 0.25) is 15.0 Å². The molecule has 0 N–H and O–H groups in total. The van der Waals surface area contributed by atoms with Crippen LogP contribution in [0.25, 0.3) is 0 Å². The second-order valence-corrected chi connectivity index (χ2v) is 9.30. The molecular weight excluding hydrogens is 350 g/mol. The van der Waals surface area contributed by atoms with Gasteiger partial charge in [0.25, 0.3) is 0 Å². The molecule has 3 rings (SSSR count). The molecule has 0 spiro atoms. The van der Waals surface area contributed by atoms with E-state index in [4.69, 9.17) is 4.74 Å². The third-order valence-electron chi connectivity index (χ3n) is 4.73. The summed E-state index contributed by atoms with van der Waals surface area (Å²) < 4.78 is 32.8. The number of morpholine rings is 1. The molecular formula is C19H27N3O3S. The highest BCUT2D eigenvalue weighted by molar-refractivity contribution is 7.91. The maximum Gasteiger partial charge on any atom is 0.228 e. The summed E-state index contributed by atoms with van der Waals surface area (Å²) in [4.78, 5) is 6.59. The van der Waals surface area contributed by atoms with Crippen LogP contribution >= 0.6 is 0 Å². The topological polar surface area (TPSA) is 64.4 Å². The van der Waals surface area contributed by atoms with Gasteiger partial charge in [0.15, 0.2) is 0 Å². The van der Waals surface area contributed by atoms with E-state index in [1.54, 1.807) is 20.0 Å². The number of ether oxygens (including phenoxy) is 1. The van der Waals surface area contributed by atoms with Gasteiger partial charge >= 0.3 is 0 Å². The number of sulfone groups is 1. The standard InChI is InChI=1S/C19H27N3O3S/c1-16(2)26(23,24)19-20-14-18(15-21-10-12-25-13-11-21)22(19)9-8-17-6-4-3-5-7-17/h3-7,14,16H,8-13,15H2,1-2H3. The molecule has 7 heteroatoms. The molecule has 0 aliphatic carbocycles. The van der Waals surface area contributed by atoms with Crippen molar-refractivity contribution in [3.8, 4) is 0 Å². The zero-order valence-corrected chi connectivity index (χ0v) is 16.3. The number of hydrogen-bond acceptors (Lipinski definition) is 5. The van der Waals surface area contributed by atoms with Crippen molar-refractivity contribution >= 4 is 9.84 Å². The molecule has 142 valence electrons. The van der Waals surface area contributed by atoms with Crippen molar-refractivity contribution in [2.45, 2.75) is 43.8 Å². The number of benzene rings is 1. The van der Waals surface area contributed by atoms with E-state index in [1.807, 2.05) is 22.8 Å². The van der Waals surface area contributed by atoms with Gasteiger partial charge < -0.3 is 9.30 Å². The van der Waals surface area contributed by atoms with Gasteiger partial charge in [-0.15, -0.1) is 0 Å². The molecule has 26 heavy (non-hydrogen) atoms. The van der Waals surface area contributed by atoms with Gasteiger partial charge in [-0.25, -0.2) is 13.4 Å². The Morgan fingerprint density at radius 2 is 1.85 bits per heavy atom. The largest absolute Gasteiger partial charge is 0.379 e. The molecule has 1 saturated heterocycles. The Balaban J connectivity index is 1.87. The third kappa shape index (κ3) is 4.34. The second-order valence-electron chi connectivity index (χ2n) is 6.90. The molecule has 0 radical (unpaired) electrons. The first-order valence-electron chi connectivity index (χ1n) is 9.11. The zero-order chi connectivity index (χ0) is 18.6. The summed E-state index contributed by atoms with van der Waals surface area (Å²) in [5.41, 5.74) is 2.13. The fraction of sp³-hybridized carbons (Fsp3) is 0.526. The van der Waals surface area contributed by atoms with Crippen LogP contribution in [-0.2, 0) is 34.1 Å². The van der Waals surface area contributed by atoms with E-state index in [1.165, 1.54) is 5.56 Å². The molecule has 0 saturated carbocycles. The smallest absolute Gasteiger partial charge is 0.228 e. The van der Waals surface area contributed by atoms with E-state index >= 15 is 0 Å². The summed E-state index contributed by atoms with van der Waals surface area (Å²) in [6, 6.07) is 10.1. The van der Waals surface area contributed by atoms with Crippen LogP contribution in [0.15, 0.2) is 41.7 Å². The predicted octanol–water partition coefficient (Wildman–Crippen LogP) is 2.14. The lowest BCUT2D eigenvalue weighted by molar-refractivity contribution is 0.0331. The summed E-state index contributed by atoms with van der Waals surface area (Å²) in [6.45, 7) is 7.85. The third-order valence-corrected chi connectivity index (χ3v) is 6.81. The summed E-state index contributed by atoms with van der Waals surface area (Å²) in [5, 5.41) is -0.302. The SMILES string of the molecule is CC(C)S(=O)(=O)c1ncc(CN2CCOCC2)n1CCc1ccccc1. The number of nitrogens with zero attached hydrogens (tertiary/aromatic N) is 3. The van der Waals surface area contributed by atoms with Crippen LogP contribution in [0, 0.1) is 0 Å². The summed E-state index contributed by atoms with van der Waals surface area (Å²) >= 11 is 0. The van der Waals surface area contributed by atoms with E-state index in [2.05, 4.69) is 22.0 Å². The molecule has 0 atom stereocenters. The van der Waals surface area contributed by atoms with Crippen LogP contribution in [-0.4, -0.2) is 54.4 Å². The number of aryl methyl sites for hydroxylation is 1. The van der Waals surface area contributed by atoms with E-state index < -0.39 is 15.1 Å². The zero-order valence-electron chi connectivity index (χ0n) is 15.5. The highest BCUT2D eigenvalue weighted by Gasteiger charge is 2.27. The van der Waals surface area contributed by atoms with Crippen LogP contribution in [0.1, 0.15) is 25.1 Å². The Labute approximate surface area is 155 Å². The Hall–Kier alpha value is -1.70. The van der Waals surface area contributed by atoms with Crippen LogP contribution in [0.2, 0.25) is 0 Å². The average molecular weight is 378 g/mol. The molecule has 6 nitrogen and oxygen atoms in total. The minimum Gasteiger partial charge on any atom is -0.379 e. The van der Waals surface area contributed by atoms with E-state index in [0.717, 1.165) is 38.4 Å². The van der Waals surface area contributed by atoms with Crippen molar-refractivity contribution in [3.63, 3.8) is 0 Å². The normalized spacial score (nSPS) is 16.3. The highest BCUT2D eigenvalue weighted by atomic mass is 32.2. The molecule has 0 unspecified atom stereocenters. The summed E-state index contributed by atoms with van der Waals surface area (Å²) in [6.07, 6.45) is 2.49. The number of aromatic nitrogens is 2. The van der Waals surface area contributed by atoms with Gasteiger partial charge in [0.05, 0.1) is 30.4 Å². The lowest BCUT2D eigenvalue weighted by atomic mass is 10.1. The van der Waals surface area contributed by atoms with Crippen LogP contribution in [0.4, 0.5) is 0 Å². The van der Waals surface area contributed by atoms with Gasteiger partial charge in [-0.2, -0.15) is 0 Å². The second kappa shape index (κ2) is 8.33. The Morgan fingerprint density at radius 1 is 1.15 bits per heavy atom. The molecule has 1 fully saturated rings. The monoisotopic (exact) mass is 377 g/mol. The average Bonchev–Trinajstić information content (AvgIpc) is 3.05. The van der Waals surface area contributed by atoms with Crippen LogP contribution in [0.5, 0.6) is 0 Å². The Bertz CT molecular complexity index is 810. The van der Waals surface area contributed by atoms with E-state index in [9.17, 15) is 8.42 Å². The fourth-order valence-electron chi connectivity index (χ4n) is 3.07. The first-order valence-corrected chi connectivity index (χ1v) is 10.7. The summed E-state index contributed by atoms with van der Waals surface area (Å²) in [5.74, 6) is 0. The van der Waals surface area contributed by atoms with Crippen molar-refractivity contribution < 1.29 is 13.2 Å². The van der Waals surface area contributed by atoms with Gasteiger partial charge in [-0.05, 0) is 25.8 Å². The first-order chi connectivity index (χ1) is 12.5. The van der Waals surface area contributed by atoms with Crippen LogP contribution in [0.3, 0.4) is 0 Å². The van der Waals surface area contributed by atoms with Gasteiger partial charge in [0.1, 0.15) is 0 Å². The minimum absolute atomic E-state index is 0.187. The molecule has 1 aliphatic heterocycles. The molecule has 1 aliphatic rings. The predicted molar refractivity (Wildman–Crippen MR) is 101 cm³/mol. The van der Waals surface area contributed by atoms with Crippen molar-refractivity contribution in [1.29, 1.82) is 0 Å². The molecule has 1 aromatic heterocycles. The maximum absolute atomic E-state index is 12.8. The number of imidazole rings is 1.